The molecular formula is C22H27N5O3S. The van der Waals surface area contributed by atoms with Crippen molar-refractivity contribution in [3.63, 3.8) is 0 Å². The third kappa shape index (κ3) is 4.41. The predicted molar refractivity (Wildman–Crippen MR) is 118 cm³/mol. The summed E-state index contributed by atoms with van der Waals surface area (Å²) >= 11 is 1.59. The second kappa shape index (κ2) is 9.05. The number of nitrogens with one attached hydrogen (secondary N) is 1. The minimum atomic E-state index is -0.433. The van der Waals surface area contributed by atoms with Gasteiger partial charge in [0.1, 0.15) is 5.69 Å². The van der Waals surface area contributed by atoms with E-state index < -0.39 is 5.97 Å². The monoisotopic (exact) mass is 441 g/mol. The van der Waals surface area contributed by atoms with E-state index in [2.05, 4.69) is 29.1 Å². The Labute approximate surface area is 185 Å². The molecule has 0 aliphatic carbocycles. The number of nitrogens with zero attached hydrogens (tertiary/aromatic N) is 4. The van der Waals surface area contributed by atoms with Crippen molar-refractivity contribution in [3.8, 4) is 11.3 Å². The number of aryl methyl sites for hydroxylation is 1. The summed E-state index contributed by atoms with van der Waals surface area (Å²) in [6.07, 6.45) is 1.62. The molecule has 0 saturated carbocycles. The minimum absolute atomic E-state index is 0.135. The van der Waals surface area contributed by atoms with Gasteiger partial charge in [0, 0.05) is 41.7 Å². The summed E-state index contributed by atoms with van der Waals surface area (Å²) in [6, 6.07) is 3.75. The summed E-state index contributed by atoms with van der Waals surface area (Å²) in [4.78, 5) is 27.4. The second-order valence-corrected chi connectivity index (χ2v) is 8.84. The third-order valence-corrected chi connectivity index (χ3v) is 6.12. The zero-order chi connectivity index (χ0) is 22.0. The molecule has 9 heteroatoms. The van der Waals surface area contributed by atoms with Gasteiger partial charge in [-0.25, -0.2) is 4.79 Å². The predicted octanol–water partition coefficient (Wildman–Crippen LogP) is 3.76. The lowest BCUT2D eigenvalue weighted by Gasteiger charge is -2.27. The molecule has 0 unspecified atom stereocenters. The average Bonchev–Trinajstić information content (AvgIpc) is 3.51. The molecule has 1 aliphatic rings. The number of carbonyl (C=O) groups excluding carboxylic acids is 2. The average molecular weight is 442 g/mol. The molecule has 0 atom stereocenters. The van der Waals surface area contributed by atoms with Crippen LogP contribution in [-0.4, -0.2) is 49.9 Å². The van der Waals surface area contributed by atoms with E-state index in [0.717, 1.165) is 35.5 Å². The van der Waals surface area contributed by atoms with E-state index in [-0.39, 0.29) is 12.5 Å². The van der Waals surface area contributed by atoms with Gasteiger partial charge in [-0.2, -0.15) is 21.5 Å². The van der Waals surface area contributed by atoms with E-state index in [1.54, 1.807) is 29.2 Å². The molecule has 31 heavy (non-hydrogen) atoms. The van der Waals surface area contributed by atoms with Crippen LogP contribution in [0.3, 0.4) is 0 Å². The normalized spacial score (nSPS) is 13.5. The topological polar surface area (TPSA) is 93.1 Å². The van der Waals surface area contributed by atoms with Crippen molar-refractivity contribution >= 4 is 23.2 Å². The van der Waals surface area contributed by atoms with E-state index in [4.69, 9.17) is 4.74 Å². The molecule has 0 aromatic carbocycles. The Hall–Kier alpha value is -2.94. The van der Waals surface area contributed by atoms with Gasteiger partial charge in [0.25, 0.3) is 5.91 Å². The second-order valence-electron chi connectivity index (χ2n) is 8.06. The highest BCUT2D eigenvalue weighted by molar-refractivity contribution is 7.08. The van der Waals surface area contributed by atoms with Crippen LogP contribution in [0.4, 0.5) is 0 Å². The van der Waals surface area contributed by atoms with Crippen LogP contribution in [0.2, 0.25) is 0 Å². The lowest BCUT2D eigenvalue weighted by atomic mass is 10.0. The summed E-state index contributed by atoms with van der Waals surface area (Å²) in [5, 5.41) is 15.7. The van der Waals surface area contributed by atoms with Crippen molar-refractivity contribution in [2.45, 2.75) is 46.7 Å². The van der Waals surface area contributed by atoms with Crippen molar-refractivity contribution in [2.75, 3.05) is 13.2 Å². The van der Waals surface area contributed by atoms with Crippen LogP contribution in [0.1, 0.15) is 59.4 Å². The number of hydrogen-bond acceptors (Lipinski definition) is 6. The minimum Gasteiger partial charge on any atom is -0.461 e. The molecule has 4 rings (SSSR count). The first-order valence-electron chi connectivity index (χ1n) is 10.6. The fraction of sp³-hybridized carbons (Fsp3) is 0.455. The van der Waals surface area contributed by atoms with Crippen LogP contribution >= 0.6 is 11.3 Å². The summed E-state index contributed by atoms with van der Waals surface area (Å²) in [7, 11) is 0. The van der Waals surface area contributed by atoms with E-state index in [1.165, 1.54) is 0 Å². The summed E-state index contributed by atoms with van der Waals surface area (Å²) < 4.78 is 7.15. The van der Waals surface area contributed by atoms with Gasteiger partial charge in [0.05, 0.1) is 18.8 Å². The first-order valence-corrected chi connectivity index (χ1v) is 11.5. The number of carbonyl (C=O) groups is 2. The Morgan fingerprint density at radius 2 is 2.19 bits per heavy atom. The number of thiophene rings is 1. The third-order valence-electron chi connectivity index (χ3n) is 5.43. The van der Waals surface area contributed by atoms with Crippen molar-refractivity contribution in [2.24, 2.45) is 5.92 Å². The number of amides is 1. The first kappa shape index (κ1) is 21.3. The van der Waals surface area contributed by atoms with Gasteiger partial charge in [0.15, 0.2) is 5.69 Å². The molecule has 164 valence electrons. The number of ether oxygens (including phenoxy) is 1. The molecule has 0 fully saturated rings. The number of esters is 1. The van der Waals surface area contributed by atoms with Crippen molar-refractivity contribution < 1.29 is 14.3 Å². The molecule has 3 aromatic rings. The maximum absolute atomic E-state index is 13.1. The smallest absolute Gasteiger partial charge is 0.359 e. The van der Waals surface area contributed by atoms with Crippen LogP contribution in [0.5, 0.6) is 0 Å². The Balaban J connectivity index is 1.58. The van der Waals surface area contributed by atoms with Gasteiger partial charge in [-0.15, -0.1) is 0 Å². The zero-order valence-electron chi connectivity index (χ0n) is 18.1. The molecule has 0 bridgehead atoms. The Bertz CT molecular complexity index is 1070. The number of rotatable bonds is 7. The molecule has 8 nitrogen and oxygen atoms in total. The molecule has 0 radical (unpaired) electrons. The van der Waals surface area contributed by atoms with Crippen LogP contribution in [0.25, 0.3) is 11.3 Å². The molecule has 3 aromatic heterocycles. The highest BCUT2D eigenvalue weighted by atomic mass is 32.1. The molecule has 4 heterocycles. The fourth-order valence-corrected chi connectivity index (χ4v) is 4.40. The lowest BCUT2D eigenvalue weighted by molar-refractivity contribution is 0.0513. The summed E-state index contributed by atoms with van der Waals surface area (Å²) in [6.45, 7) is 8.03. The largest absolute Gasteiger partial charge is 0.461 e. The van der Waals surface area contributed by atoms with E-state index in [1.807, 2.05) is 21.5 Å². The SMILES string of the molecule is CCOC(=O)c1nn(CCC(C)C)c2c1CN(C(=O)c1cc(-c3ccsc3)n[nH]1)CC2. The van der Waals surface area contributed by atoms with Gasteiger partial charge in [0.2, 0.25) is 0 Å². The standard InChI is InChI=1S/C22H27N5O3S/c1-4-30-22(29)20-16-12-26(8-6-19(16)27(25-20)9-5-14(2)3)21(28)18-11-17(23-24-18)15-7-10-31-13-15/h7,10-11,13-14H,4-6,8-9,12H2,1-3H3,(H,23,24). The van der Waals surface area contributed by atoms with Crippen molar-refractivity contribution in [3.05, 3.63) is 45.5 Å². The van der Waals surface area contributed by atoms with Gasteiger partial charge >= 0.3 is 5.97 Å². The number of aromatic amines is 1. The molecule has 0 spiro atoms. The Morgan fingerprint density at radius 1 is 1.35 bits per heavy atom. The highest BCUT2D eigenvalue weighted by Gasteiger charge is 2.31. The number of hydrogen-bond donors (Lipinski definition) is 1. The van der Waals surface area contributed by atoms with Crippen molar-refractivity contribution in [1.29, 1.82) is 0 Å². The Morgan fingerprint density at radius 3 is 2.90 bits per heavy atom. The lowest BCUT2D eigenvalue weighted by Crippen LogP contribution is -2.37. The van der Waals surface area contributed by atoms with Gasteiger partial charge < -0.3 is 9.64 Å². The molecule has 1 N–H and O–H groups in total. The molecule has 0 saturated heterocycles. The van der Waals surface area contributed by atoms with Crippen LogP contribution in [0.15, 0.2) is 22.9 Å². The number of fused-ring (bicyclic) bond motifs is 1. The molecule has 1 aliphatic heterocycles. The fourth-order valence-electron chi connectivity index (χ4n) is 3.75. The summed E-state index contributed by atoms with van der Waals surface area (Å²) in [5.74, 6) is -0.0349. The van der Waals surface area contributed by atoms with Crippen LogP contribution in [-0.2, 0) is 24.2 Å². The molecular weight excluding hydrogens is 414 g/mol. The molecule has 1 amide bonds. The van der Waals surface area contributed by atoms with E-state index in [9.17, 15) is 9.59 Å². The Kier molecular flexibility index (Phi) is 6.22. The first-order chi connectivity index (χ1) is 15.0. The van der Waals surface area contributed by atoms with Crippen molar-refractivity contribution in [1.82, 2.24) is 24.9 Å². The quantitative estimate of drug-likeness (QED) is 0.564. The van der Waals surface area contributed by atoms with E-state index in [0.29, 0.717) is 36.8 Å². The van der Waals surface area contributed by atoms with E-state index >= 15 is 0 Å². The maximum Gasteiger partial charge on any atom is 0.359 e. The van der Waals surface area contributed by atoms with Crippen LogP contribution in [0, 0.1) is 5.92 Å². The number of H-pyrrole nitrogens is 1. The zero-order valence-corrected chi connectivity index (χ0v) is 18.9. The number of aromatic nitrogens is 4. The van der Waals surface area contributed by atoms with Crippen LogP contribution < -0.4 is 0 Å². The van der Waals surface area contributed by atoms with Gasteiger partial charge in [-0.1, -0.05) is 13.8 Å². The van der Waals surface area contributed by atoms with Gasteiger partial charge in [-0.3, -0.25) is 14.6 Å². The maximum atomic E-state index is 13.1. The van der Waals surface area contributed by atoms with Gasteiger partial charge in [-0.05, 0) is 36.8 Å². The highest BCUT2D eigenvalue weighted by Crippen LogP contribution is 2.26. The summed E-state index contributed by atoms with van der Waals surface area (Å²) in [5.41, 5.74) is 4.31.